The molecular formula is C30H26F3N5O3. The number of ketones is 1. The lowest BCUT2D eigenvalue weighted by Gasteiger charge is -2.18. The van der Waals surface area contributed by atoms with Crippen molar-refractivity contribution in [2.24, 2.45) is 0 Å². The van der Waals surface area contributed by atoms with Crippen molar-refractivity contribution in [1.29, 1.82) is 0 Å². The summed E-state index contributed by atoms with van der Waals surface area (Å²) in [6, 6.07) is 15.4. The van der Waals surface area contributed by atoms with E-state index < -0.39 is 29.6 Å². The maximum Gasteiger partial charge on any atom is 0.416 e. The quantitative estimate of drug-likeness (QED) is 0.334. The number of nitrogens with one attached hydrogen (secondary N) is 2. The molecule has 0 spiro atoms. The van der Waals surface area contributed by atoms with Crippen LogP contribution < -0.4 is 10.6 Å². The van der Waals surface area contributed by atoms with Gasteiger partial charge in [0.2, 0.25) is 0 Å². The van der Waals surface area contributed by atoms with Gasteiger partial charge >= 0.3 is 6.18 Å². The van der Waals surface area contributed by atoms with Crippen LogP contribution >= 0.6 is 0 Å². The van der Waals surface area contributed by atoms with Crippen molar-refractivity contribution < 1.29 is 27.6 Å². The van der Waals surface area contributed by atoms with Gasteiger partial charge in [0.05, 0.1) is 11.6 Å². The van der Waals surface area contributed by atoms with Gasteiger partial charge in [-0.25, -0.2) is 0 Å². The van der Waals surface area contributed by atoms with Crippen molar-refractivity contribution in [3.05, 3.63) is 107 Å². The molecule has 11 heteroatoms. The third kappa shape index (κ3) is 5.75. The van der Waals surface area contributed by atoms with E-state index in [1.807, 2.05) is 0 Å². The van der Waals surface area contributed by atoms with Crippen LogP contribution in [0.25, 0.3) is 11.1 Å². The van der Waals surface area contributed by atoms with Crippen molar-refractivity contribution >= 4 is 23.3 Å². The Hall–Kier alpha value is -4.77. The van der Waals surface area contributed by atoms with Crippen LogP contribution in [-0.2, 0) is 24.1 Å². The second-order valence-corrected chi connectivity index (χ2v) is 9.85. The lowest BCUT2D eigenvalue weighted by molar-refractivity contribution is -0.137. The highest BCUT2D eigenvalue weighted by Crippen LogP contribution is 2.34. The molecule has 0 radical (unpaired) electrons. The number of Topliss-reactive ketones (excluding diaryl/α,β-unsaturated/α-hetero) is 1. The Labute approximate surface area is 233 Å². The van der Waals surface area contributed by atoms with E-state index in [2.05, 4.69) is 15.7 Å². The number of carbonyl (C=O) groups excluding carboxylic acids is 3. The number of rotatable bonds is 7. The average Bonchev–Trinajstić information content (AvgIpc) is 3.61. The fourth-order valence-corrected chi connectivity index (χ4v) is 4.87. The summed E-state index contributed by atoms with van der Waals surface area (Å²) < 4.78 is 41.1. The van der Waals surface area contributed by atoms with E-state index in [9.17, 15) is 27.6 Å². The summed E-state index contributed by atoms with van der Waals surface area (Å²) in [4.78, 5) is 40.7. The van der Waals surface area contributed by atoms with Crippen LogP contribution in [0.4, 0.5) is 18.9 Å². The average molecular weight is 562 g/mol. The Morgan fingerprint density at radius 1 is 1.02 bits per heavy atom. The highest BCUT2D eigenvalue weighted by Gasteiger charge is 2.31. The molecule has 41 heavy (non-hydrogen) atoms. The number of fused-ring (bicyclic) bond motifs is 1. The number of amides is 2. The van der Waals surface area contributed by atoms with Crippen LogP contribution in [0.3, 0.4) is 0 Å². The fraction of sp³-hybridized carbons (Fsp3) is 0.200. The fourth-order valence-electron chi connectivity index (χ4n) is 4.87. The number of benzene rings is 3. The summed E-state index contributed by atoms with van der Waals surface area (Å²) in [6.07, 6.45) is -1.21. The zero-order valence-corrected chi connectivity index (χ0v) is 22.2. The van der Waals surface area contributed by atoms with Crippen molar-refractivity contribution in [3.8, 4) is 11.1 Å². The third-order valence-electron chi connectivity index (χ3n) is 6.85. The lowest BCUT2D eigenvalue weighted by atomic mass is 9.92. The van der Waals surface area contributed by atoms with Crippen LogP contribution in [0.2, 0.25) is 0 Å². The topological polar surface area (TPSA) is 96.3 Å². The van der Waals surface area contributed by atoms with E-state index in [-0.39, 0.29) is 29.0 Å². The van der Waals surface area contributed by atoms with Gasteiger partial charge in [-0.05, 0) is 59.2 Å². The molecule has 0 fully saturated rings. The molecule has 2 N–H and O–H groups in total. The Morgan fingerprint density at radius 2 is 1.76 bits per heavy atom. The standard InChI is InChI=1S/C30H26F3N5O3/c1-37(2)29(41)24-6-3-5-23(26(24)18-7-9-20(10-8-18)30(31,32)33)28(40)36-21-11-12-22-19(15-21)16-34-27(22)25(39)17-38-14-4-13-35-38/h3-15,27,34H,16-17H2,1-2H3,(H,36,40). The van der Waals surface area contributed by atoms with Crippen molar-refractivity contribution in [2.75, 3.05) is 19.4 Å². The zero-order chi connectivity index (χ0) is 29.3. The first-order valence-electron chi connectivity index (χ1n) is 12.7. The van der Waals surface area contributed by atoms with Gasteiger partial charge in [-0.15, -0.1) is 0 Å². The second kappa shape index (κ2) is 11.0. The summed E-state index contributed by atoms with van der Waals surface area (Å²) >= 11 is 0. The first kappa shape index (κ1) is 27.8. The molecule has 1 atom stereocenters. The number of halogens is 3. The molecule has 0 saturated heterocycles. The SMILES string of the molecule is CN(C)C(=O)c1cccc(C(=O)Nc2ccc3c(c2)CNC3C(=O)Cn2cccn2)c1-c1ccc(C(F)(F)F)cc1. The van der Waals surface area contributed by atoms with E-state index >= 15 is 0 Å². The van der Waals surface area contributed by atoms with Gasteiger partial charge in [0.1, 0.15) is 6.54 Å². The summed E-state index contributed by atoms with van der Waals surface area (Å²) in [5.74, 6) is -0.984. The molecule has 1 unspecified atom stereocenters. The Bertz CT molecular complexity index is 1610. The lowest BCUT2D eigenvalue weighted by Crippen LogP contribution is -2.25. The largest absolute Gasteiger partial charge is 0.416 e. The molecule has 8 nitrogen and oxygen atoms in total. The molecule has 4 aromatic rings. The minimum Gasteiger partial charge on any atom is -0.345 e. The Kier molecular flexibility index (Phi) is 7.46. The van der Waals surface area contributed by atoms with Gasteiger partial charge in [-0.3, -0.25) is 24.4 Å². The minimum absolute atomic E-state index is 0.0483. The van der Waals surface area contributed by atoms with Crippen LogP contribution in [0, 0.1) is 0 Å². The highest BCUT2D eigenvalue weighted by atomic mass is 19.4. The molecule has 1 aliphatic rings. The van der Waals surface area contributed by atoms with Gasteiger partial charge in [0, 0.05) is 55.4 Å². The van der Waals surface area contributed by atoms with E-state index in [0.717, 1.165) is 23.3 Å². The van der Waals surface area contributed by atoms with Gasteiger partial charge < -0.3 is 10.2 Å². The molecule has 1 aliphatic heterocycles. The summed E-state index contributed by atoms with van der Waals surface area (Å²) in [7, 11) is 3.11. The van der Waals surface area contributed by atoms with E-state index in [0.29, 0.717) is 17.8 Å². The van der Waals surface area contributed by atoms with E-state index in [1.165, 1.54) is 29.2 Å². The highest BCUT2D eigenvalue weighted by molar-refractivity contribution is 6.13. The molecule has 2 heterocycles. The molecule has 0 bridgehead atoms. The third-order valence-corrected chi connectivity index (χ3v) is 6.85. The summed E-state index contributed by atoms with van der Waals surface area (Å²) in [5.41, 5.74) is 2.12. The van der Waals surface area contributed by atoms with Crippen molar-refractivity contribution in [3.63, 3.8) is 0 Å². The first-order valence-corrected chi connectivity index (χ1v) is 12.7. The van der Waals surface area contributed by atoms with Gasteiger partial charge in [0.25, 0.3) is 11.8 Å². The predicted molar refractivity (Wildman–Crippen MR) is 146 cm³/mol. The minimum atomic E-state index is -4.52. The number of carbonyl (C=O) groups is 3. The molecular weight excluding hydrogens is 535 g/mol. The molecule has 5 rings (SSSR count). The number of nitrogens with zero attached hydrogens (tertiary/aromatic N) is 3. The van der Waals surface area contributed by atoms with Gasteiger partial charge in [0.15, 0.2) is 5.78 Å². The number of aromatic nitrogens is 2. The number of hydrogen-bond donors (Lipinski definition) is 2. The molecule has 0 saturated carbocycles. The molecule has 1 aromatic heterocycles. The Balaban J connectivity index is 1.44. The van der Waals surface area contributed by atoms with Crippen LogP contribution in [0.5, 0.6) is 0 Å². The molecule has 210 valence electrons. The number of anilines is 1. The predicted octanol–water partition coefficient (Wildman–Crippen LogP) is 4.94. The summed E-state index contributed by atoms with van der Waals surface area (Å²) in [5, 5.41) is 10.1. The van der Waals surface area contributed by atoms with E-state index in [4.69, 9.17) is 0 Å². The van der Waals surface area contributed by atoms with Crippen LogP contribution in [0.15, 0.2) is 79.1 Å². The van der Waals surface area contributed by atoms with Crippen LogP contribution in [0.1, 0.15) is 43.4 Å². The molecule has 3 aromatic carbocycles. The zero-order valence-electron chi connectivity index (χ0n) is 22.2. The summed E-state index contributed by atoms with van der Waals surface area (Å²) in [6.45, 7) is 0.551. The van der Waals surface area contributed by atoms with Gasteiger partial charge in [-0.2, -0.15) is 18.3 Å². The van der Waals surface area contributed by atoms with Crippen molar-refractivity contribution in [2.45, 2.75) is 25.3 Å². The van der Waals surface area contributed by atoms with E-state index in [1.54, 1.807) is 61.5 Å². The monoisotopic (exact) mass is 561 g/mol. The normalized spacial score (nSPS) is 14.4. The number of alkyl halides is 3. The van der Waals surface area contributed by atoms with Crippen molar-refractivity contribution in [1.82, 2.24) is 20.0 Å². The molecule has 2 amide bonds. The first-order chi connectivity index (χ1) is 19.5. The smallest absolute Gasteiger partial charge is 0.345 e. The van der Waals surface area contributed by atoms with Gasteiger partial charge in [-0.1, -0.05) is 24.3 Å². The Morgan fingerprint density at radius 3 is 2.41 bits per heavy atom. The second-order valence-electron chi connectivity index (χ2n) is 9.85. The maximum atomic E-state index is 13.5. The number of hydrogen-bond acceptors (Lipinski definition) is 5. The van der Waals surface area contributed by atoms with Crippen LogP contribution in [-0.4, -0.2) is 46.4 Å². The maximum absolute atomic E-state index is 13.5. The molecule has 0 aliphatic carbocycles.